The second-order valence-electron chi connectivity index (χ2n) is 4.38. The number of fused-ring (bicyclic) bond motifs is 1. The van der Waals surface area contributed by atoms with Gasteiger partial charge in [0.25, 0.3) is 0 Å². The summed E-state index contributed by atoms with van der Waals surface area (Å²) in [6.45, 7) is 0.789. The van der Waals surface area contributed by atoms with Gasteiger partial charge in [-0.1, -0.05) is 18.2 Å². The molecule has 0 unspecified atom stereocenters. The first-order valence-electron chi connectivity index (χ1n) is 6.07. The van der Waals surface area contributed by atoms with Crippen molar-refractivity contribution in [2.75, 3.05) is 12.9 Å². The summed E-state index contributed by atoms with van der Waals surface area (Å²) in [5, 5.41) is 0. The third-order valence-corrected chi connectivity index (χ3v) is 3.75. The van der Waals surface area contributed by atoms with Crippen molar-refractivity contribution in [1.29, 1.82) is 0 Å². The van der Waals surface area contributed by atoms with Crippen LogP contribution in [-0.2, 0) is 12.2 Å². The Labute approximate surface area is 111 Å². The Kier molecular flexibility index (Phi) is 3.24. The minimum atomic E-state index is 0.789. The molecule has 0 amide bonds. The van der Waals surface area contributed by atoms with Crippen molar-refractivity contribution in [3.05, 3.63) is 47.7 Å². The molecule has 0 N–H and O–H groups in total. The first-order chi connectivity index (χ1) is 8.88. The average Bonchev–Trinajstić information content (AvgIpc) is 2.88. The Hall–Kier alpha value is -1.48. The van der Waals surface area contributed by atoms with E-state index < -0.39 is 0 Å². The second-order valence-corrected chi connectivity index (χ2v) is 5.24. The topological polar surface area (TPSA) is 22.1 Å². The zero-order chi connectivity index (χ0) is 12.4. The van der Waals surface area contributed by atoms with Crippen LogP contribution in [-0.4, -0.2) is 17.8 Å². The third-order valence-electron chi connectivity index (χ3n) is 3.13. The third kappa shape index (κ3) is 2.10. The van der Waals surface area contributed by atoms with E-state index in [2.05, 4.69) is 41.6 Å². The molecule has 2 aromatic rings. The molecule has 0 bridgehead atoms. The van der Waals surface area contributed by atoms with Crippen molar-refractivity contribution >= 4 is 11.8 Å². The SMILES string of the molecule is CSCc1ccc(-c2cccc3c2OCC3)nc1. The van der Waals surface area contributed by atoms with Gasteiger partial charge in [-0.25, -0.2) is 0 Å². The number of benzene rings is 1. The summed E-state index contributed by atoms with van der Waals surface area (Å²) in [7, 11) is 0. The predicted molar refractivity (Wildman–Crippen MR) is 76.1 cm³/mol. The Morgan fingerprint density at radius 2 is 2.22 bits per heavy atom. The molecule has 2 heterocycles. The molecule has 0 saturated heterocycles. The number of hydrogen-bond acceptors (Lipinski definition) is 3. The van der Waals surface area contributed by atoms with Gasteiger partial charge in [0.15, 0.2) is 0 Å². The Morgan fingerprint density at radius 3 is 3.00 bits per heavy atom. The summed E-state index contributed by atoms with van der Waals surface area (Å²) in [6.07, 6.45) is 5.07. The first-order valence-corrected chi connectivity index (χ1v) is 7.47. The minimum Gasteiger partial charge on any atom is -0.492 e. The molecule has 1 aliphatic rings. The lowest BCUT2D eigenvalue weighted by Crippen LogP contribution is -1.91. The predicted octanol–water partition coefficient (Wildman–Crippen LogP) is 3.55. The maximum Gasteiger partial charge on any atom is 0.132 e. The van der Waals surface area contributed by atoms with E-state index in [1.807, 2.05) is 18.0 Å². The van der Waals surface area contributed by atoms with Gasteiger partial charge in [0.2, 0.25) is 0 Å². The van der Waals surface area contributed by atoms with Crippen LogP contribution < -0.4 is 4.74 Å². The highest BCUT2D eigenvalue weighted by Crippen LogP contribution is 2.35. The summed E-state index contributed by atoms with van der Waals surface area (Å²) >= 11 is 1.81. The molecule has 0 atom stereocenters. The highest BCUT2D eigenvalue weighted by Gasteiger charge is 2.17. The maximum absolute atomic E-state index is 5.72. The highest BCUT2D eigenvalue weighted by atomic mass is 32.2. The molecule has 1 aromatic carbocycles. The van der Waals surface area contributed by atoms with Crippen LogP contribution in [0.2, 0.25) is 0 Å². The van der Waals surface area contributed by atoms with Crippen molar-refractivity contribution in [2.45, 2.75) is 12.2 Å². The van der Waals surface area contributed by atoms with E-state index in [-0.39, 0.29) is 0 Å². The van der Waals surface area contributed by atoms with Crippen LogP contribution in [0, 0.1) is 0 Å². The zero-order valence-electron chi connectivity index (χ0n) is 10.3. The standard InChI is InChI=1S/C15H15NOS/c1-18-10-11-5-6-14(16-9-11)13-4-2-3-12-7-8-17-15(12)13/h2-6,9H,7-8,10H2,1H3. The molecular formula is C15H15NOS. The van der Waals surface area contributed by atoms with E-state index in [4.69, 9.17) is 4.74 Å². The number of ether oxygens (including phenoxy) is 1. The lowest BCUT2D eigenvalue weighted by atomic mass is 10.0. The number of para-hydroxylation sites is 1. The number of pyridine rings is 1. The van der Waals surface area contributed by atoms with Gasteiger partial charge in [-0.15, -0.1) is 0 Å². The monoisotopic (exact) mass is 257 g/mol. The fourth-order valence-corrected chi connectivity index (χ4v) is 2.76. The summed E-state index contributed by atoms with van der Waals surface area (Å²) in [5.41, 5.74) is 4.67. The Balaban J connectivity index is 1.97. The molecule has 2 nitrogen and oxygen atoms in total. The normalized spacial score (nSPS) is 13.2. The zero-order valence-corrected chi connectivity index (χ0v) is 11.2. The Bertz CT molecular complexity index is 551. The van der Waals surface area contributed by atoms with Gasteiger partial charge in [0.05, 0.1) is 12.3 Å². The van der Waals surface area contributed by atoms with Gasteiger partial charge in [-0.2, -0.15) is 11.8 Å². The second kappa shape index (κ2) is 5.02. The van der Waals surface area contributed by atoms with E-state index in [1.54, 1.807) is 0 Å². The highest BCUT2D eigenvalue weighted by molar-refractivity contribution is 7.97. The van der Waals surface area contributed by atoms with Crippen molar-refractivity contribution in [2.24, 2.45) is 0 Å². The first kappa shape index (κ1) is 11.6. The summed E-state index contributed by atoms with van der Waals surface area (Å²) < 4.78 is 5.72. The number of nitrogens with zero attached hydrogens (tertiary/aromatic N) is 1. The average molecular weight is 257 g/mol. The molecule has 0 fully saturated rings. The summed E-state index contributed by atoms with van der Waals surface area (Å²) in [5.74, 6) is 2.03. The van der Waals surface area contributed by atoms with Gasteiger partial charge in [0.1, 0.15) is 5.75 Å². The van der Waals surface area contributed by atoms with Gasteiger partial charge in [-0.05, 0) is 29.5 Å². The van der Waals surface area contributed by atoms with Crippen LogP contribution >= 0.6 is 11.8 Å². The molecule has 18 heavy (non-hydrogen) atoms. The lowest BCUT2D eigenvalue weighted by molar-refractivity contribution is 0.358. The van der Waals surface area contributed by atoms with Crippen LogP contribution in [0.1, 0.15) is 11.1 Å². The van der Waals surface area contributed by atoms with Gasteiger partial charge >= 0.3 is 0 Å². The number of hydrogen-bond donors (Lipinski definition) is 0. The minimum absolute atomic E-state index is 0.789. The molecule has 0 aliphatic carbocycles. The van der Waals surface area contributed by atoms with Crippen LogP contribution in [0.5, 0.6) is 5.75 Å². The van der Waals surface area contributed by atoms with Crippen LogP contribution in [0.25, 0.3) is 11.3 Å². The fourth-order valence-electron chi connectivity index (χ4n) is 2.25. The molecule has 3 heteroatoms. The van der Waals surface area contributed by atoms with Crippen molar-refractivity contribution in [1.82, 2.24) is 4.98 Å². The number of aromatic nitrogens is 1. The molecule has 92 valence electrons. The summed E-state index contributed by atoms with van der Waals surface area (Å²) in [4.78, 5) is 4.55. The largest absolute Gasteiger partial charge is 0.492 e. The van der Waals surface area contributed by atoms with Gasteiger partial charge in [-0.3, -0.25) is 4.98 Å². The molecule has 0 saturated carbocycles. The van der Waals surface area contributed by atoms with Crippen LogP contribution in [0.3, 0.4) is 0 Å². The maximum atomic E-state index is 5.72. The quantitative estimate of drug-likeness (QED) is 0.839. The van der Waals surface area contributed by atoms with E-state index in [1.165, 1.54) is 11.1 Å². The van der Waals surface area contributed by atoms with Crippen LogP contribution in [0.4, 0.5) is 0 Å². The van der Waals surface area contributed by atoms with Crippen molar-refractivity contribution in [3.63, 3.8) is 0 Å². The van der Waals surface area contributed by atoms with E-state index in [0.717, 1.165) is 35.8 Å². The molecule has 0 spiro atoms. The van der Waals surface area contributed by atoms with Crippen LogP contribution in [0.15, 0.2) is 36.5 Å². The lowest BCUT2D eigenvalue weighted by Gasteiger charge is -2.07. The Morgan fingerprint density at radius 1 is 1.28 bits per heavy atom. The number of rotatable bonds is 3. The molecular weight excluding hydrogens is 242 g/mol. The molecule has 1 aliphatic heterocycles. The van der Waals surface area contributed by atoms with E-state index in [9.17, 15) is 0 Å². The molecule has 0 radical (unpaired) electrons. The van der Waals surface area contributed by atoms with Crippen molar-refractivity contribution in [3.8, 4) is 17.0 Å². The van der Waals surface area contributed by atoms with E-state index in [0.29, 0.717) is 0 Å². The van der Waals surface area contributed by atoms with Crippen molar-refractivity contribution < 1.29 is 4.74 Å². The van der Waals surface area contributed by atoms with Gasteiger partial charge < -0.3 is 4.74 Å². The molecule has 1 aromatic heterocycles. The van der Waals surface area contributed by atoms with Gasteiger partial charge in [0, 0.05) is 23.9 Å². The smallest absolute Gasteiger partial charge is 0.132 e. The van der Waals surface area contributed by atoms with E-state index >= 15 is 0 Å². The fraction of sp³-hybridized carbons (Fsp3) is 0.267. The summed E-state index contributed by atoms with van der Waals surface area (Å²) in [6, 6.07) is 10.5. The molecule has 3 rings (SSSR count). The number of thioether (sulfide) groups is 1.